The van der Waals surface area contributed by atoms with Crippen molar-refractivity contribution in [1.82, 2.24) is 9.80 Å². The lowest BCUT2D eigenvalue weighted by Gasteiger charge is -2.22. The maximum absolute atomic E-state index is 12.7. The molecule has 0 aromatic heterocycles. The fourth-order valence-electron chi connectivity index (χ4n) is 2.81. The average Bonchev–Trinajstić information content (AvgIpc) is 2.92. The van der Waals surface area contributed by atoms with Crippen LogP contribution in [0.3, 0.4) is 0 Å². The number of rotatable bonds is 8. The zero-order chi connectivity index (χ0) is 18.8. The Labute approximate surface area is 154 Å². The molecule has 1 aliphatic rings. The Morgan fingerprint density at radius 1 is 1.00 bits per heavy atom. The molecule has 1 aromatic carbocycles. The largest absolute Gasteiger partial charge is 0.494 e. The first-order valence-electron chi connectivity index (χ1n) is 9.02. The normalized spacial score (nSPS) is 14.8. The van der Waals surface area contributed by atoms with Crippen LogP contribution in [0.1, 0.15) is 23.7 Å². The Bertz CT molecular complexity index is 576. The Hall–Kier alpha value is -2.12. The molecule has 2 amide bonds. The zero-order valence-electron chi connectivity index (χ0n) is 15.6. The van der Waals surface area contributed by atoms with Gasteiger partial charge in [0.25, 0.3) is 5.91 Å². The molecule has 0 bridgehead atoms. The summed E-state index contributed by atoms with van der Waals surface area (Å²) in [4.78, 5) is 28.5. The molecule has 2 rings (SSSR count). The number of benzene rings is 1. The van der Waals surface area contributed by atoms with Crippen molar-refractivity contribution in [3.63, 3.8) is 0 Å². The van der Waals surface area contributed by atoms with E-state index in [0.29, 0.717) is 51.6 Å². The molecule has 0 unspecified atom stereocenters. The van der Waals surface area contributed by atoms with E-state index in [1.165, 1.54) is 0 Å². The van der Waals surface area contributed by atoms with E-state index in [-0.39, 0.29) is 18.4 Å². The quantitative estimate of drug-likeness (QED) is 0.653. The minimum atomic E-state index is -0.0449. The van der Waals surface area contributed by atoms with Crippen LogP contribution in [0.5, 0.6) is 5.75 Å². The molecule has 1 heterocycles. The summed E-state index contributed by atoms with van der Waals surface area (Å²) in [7, 11) is 1.59. The summed E-state index contributed by atoms with van der Waals surface area (Å²) in [5, 5.41) is 0. The summed E-state index contributed by atoms with van der Waals surface area (Å²) in [5.41, 5.74) is 0.635. The highest BCUT2D eigenvalue weighted by Crippen LogP contribution is 2.15. The molecule has 7 heteroatoms. The SMILES string of the molecule is CCOc1ccc(C(=O)N2CCCN(C(=O)COCCOC)CC2)cc1. The lowest BCUT2D eigenvalue weighted by atomic mass is 10.2. The van der Waals surface area contributed by atoms with Crippen molar-refractivity contribution in [2.45, 2.75) is 13.3 Å². The van der Waals surface area contributed by atoms with Gasteiger partial charge < -0.3 is 24.0 Å². The molecule has 0 N–H and O–H groups in total. The van der Waals surface area contributed by atoms with E-state index < -0.39 is 0 Å². The maximum Gasteiger partial charge on any atom is 0.253 e. The van der Waals surface area contributed by atoms with Crippen molar-refractivity contribution in [3.05, 3.63) is 29.8 Å². The van der Waals surface area contributed by atoms with Crippen LogP contribution >= 0.6 is 0 Å². The Morgan fingerprint density at radius 2 is 1.69 bits per heavy atom. The second-order valence-electron chi connectivity index (χ2n) is 6.03. The summed E-state index contributed by atoms with van der Waals surface area (Å²) in [5.74, 6) is 0.695. The number of ether oxygens (including phenoxy) is 3. The van der Waals surface area contributed by atoms with E-state index in [4.69, 9.17) is 14.2 Å². The minimum Gasteiger partial charge on any atom is -0.494 e. The van der Waals surface area contributed by atoms with Gasteiger partial charge >= 0.3 is 0 Å². The van der Waals surface area contributed by atoms with Crippen molar-refractivity contribution in [2.24, 2.45) is 0 Å². The fourth-order valence-corrected chi connectivity index (χ4v) is 2.81. The monoisotopic (exact) mass is 364 g/mol. The first-order valence-corrected chi connectivity index (χ1v) is 9.02. The summed E-state index contributed by atoms with van der Waals surface area (Å²) < 4.78 is 15.6. The molecule has 144 valence electrons. The molecule has 0 saturated carbocycles. The summed E-state index contributed by atoms with van der Waals surface area (Å²) in [6, 6.07) is 7.18. The first-order chi connectivity index (χ1) is 12.7. The van der Waals surface area contributed by atoms with Crippen LogP contribution in [0.4, 0.5) is 0 Å². The molecule has 1 aromatic rings. The van der Waals surface area contributed by atoms with Crippen molar-refractivity contribution in [1.29, 1.82) is 0 Å². The van der Waals surface area contributed by atoms with Gasteiger partial charge in [0.2, 0.25) is 5.91 Å². The Balaban J connectivity index is 1.85. The van der Waals surface area contributed by atoms with Crippen LogP contribution in [0, 0.1) is 0 Å². The third kappa shape index (κ3) is 6.00. The molecule has 0 radical (unpaired) electrons. The van der Waals surface area contributed by atoms with Gasteiger partial charge in [-0.25, -0.2) is 0 Å². The molecule has 1 aliphatic heterocycles. The van der Waals surface area contributed by atoms with E-state index in [1.54, 1.807) is 29.0 Å². The van der Waals surface area contributed by atoms with Gasteiger partial charge in [0.15, 0.2) is 0 Å². The number of hydrogen-bond acceptors (Lipinski definition) is 5. The fraction of sp³-hybridized carbons (Fsp3) is 0.579. The second-order valence-corrected chi connectivity index (χ2v) is 6.03. The van der Waals surface area contributed by atoms with Gasteiger partial charge in [-0.3, -0.25) is 9.59 Å². The molecular formula is C19H28N2O5. The molecule has 0 spiro atoms. The van der Waals surface area contributed by atoms with Crippen LogP contribution < -0.4 is 4.74 Å². The van der Waals surface area contributed by atoms with Crippen LogP contribution in [0.2, 0.25) is 0 Å². The van der Waals surface area contributed by atoms with Crippen LogP contribution in [0.25, 0.3) is 0 Å². The van der Waals surface area contributed by atoms with E-state index in [1.807, 2.05) is 19.1 Å². The smallest absolute Gasteiger partial charge is 0.253 e. The van der Waals surface area contributed by atoms with E-state index in [9.17, 15) is 9.59 Å². The summed E-state index contributed by atoms with van der Waals surface area (Å²) >= 11 is 0. The van der Waals surface area contributed by atoms with Gasteiger partial charge in [0, 0.05) is 38.9 Å². The highest BCUT2D eigenvalue weighted by molar-refractivity contribution is 5.94. The van der Waals surface area contributed by atoms with Gasteiger partial charge in [0.1, 0.15) is 12.4 Å². The van der Waals surface area contributed by atoms with Crippen molar-refractivity contribution >= 4 is 11.8 Å². The third-order valence-electron chi connectivity index (χ3n) is 4.21. The van der Waals surface area contributed by atoms with Crippen LogP contribution in [-0.4, -0.2) is 81.3 Å². The number of nitrogens with zero attached hydrogens (tertiary/aromatic N) is 2. The van der Waals surface area contributed by atoms with Gasteiger partial charge in [-0.2, -0.15) is 0 Å². The molecule has 0 aliphatic carbocycles. The lowest BCUT2D eigenvalue weighted by molar-refractivity contribution is -0.136. The summed E-state index contributed by atoms with van der Waals surface area (Å²) in [6.45, 7) is 5.77. The average molecular weight is 364 g/mol. The Kier molecular flexibility index (Phi) is 8.37. The summed E-state index contributed by atoms with van der Waals surface area (Å²) in [6.07, 6.45) is 0.757. The Morgan fingerprint density at radius 3 is 2.38 bits per heavy atom. The number of carbonyl (C=O) groups excluding carboxylic acids is 2. The second kappa shape index (κ2) is 10.8. The minimum absolute atomic E-state index is 0.0151. The molecule has 26 heavy (non-hydrogen) atoms. The highest BCUT2D eigenvalue weighted by atomic mass is 16.5. The molecule has 7 nitrogen and oxygen atoms in total. The third-order valence-corrected chi connectivity index (χ3v) is 4.21. The van der Waals surface area contributed by atoms with Crippen molar-refractivity contribution in [2.75, 3.05) is 59.7 Å². The molecule has 1 saturated heterocycles. The standard InChI is InChI=1S/C19H28N2O5/c1-3-26-17-7-5-16(6-8-17)19(23)21-10-4-9-20(11-12-21)18(22)15-25-14-13-24-2/h5-8H,3-4,9-15H2,1-2H3. The van der Waals surface area contributed by atoms with Gasteiger partial charge in [-0.05, 0) is 37.6 Å². The van der Waals surface area contributed by atoms with Crippen molar-refractivity contribution in [3.8, 4) is 5.75 Å². The van der Waals surface area contributed by atoms with Crippen LogP contribution in [-0.2, 0) is 14.3 Å². The topological polar surface area (TPSA) is 68.3 Å². The predicted octanol–water partition coefficient (Wildman–Crippen LogP) is 1.42. The van der Waals surface area contributed by atoms with Gasteiger partial charge in [-0.15, -0.1) is 0 Å². The number of methoxy groups -OCH3 is 1. The van der Waals surface area contributed by atoms with Gasteiger partial charge in [0.05, 0.1) is 19.8 Å². The maximum atomic E-state index is 12.7. The number of hydrogen-bond donors (Lipinski definition) is 0. The highest BCUT2D eigenvalue weighted by Gasteiger charge is 2.22. The van der Waals surface area contributed by atoms with Crippen molar-refractivity contribution < 1.29 is 23.8 Å². The first kappa shape index (κ1) is 20.2. The van der Waals surface area contributed by atoms with E-state index in [2.05, 4.69) is 0 Å². The van der Waals surface area contributed by atoms with Gasteiger partial charge in [-0.1, -0.05) is 0 Å². The molecule has 0 atom stereocenters. The molecular weight excluding hydrogens is 336 g/mol. The van der Waals surface area contributed by atoms with E-state index >= 15 is 0 Å². The number of carbonyl (C=O) groups is 2. The number of amides is 2. The zero-order valence-corrected chi connectivity index (χ0v) is 15.6. The molecule has 1 fully saturated rings. The van der Waals surface area contributed by atoms with Crippen LogP contribution in [0.15, 0.2) is 24.3 Å². The van der Waals surface area contributed by atoms with E-state index in [0.717, 1.165) is 12.2 Å². The predicted molar refractivity (Wildman–Crippen MR) is 97.4 cm³/mol. The lowest BCUT2D eigenvalue weighted by Crippen LogP contribution is -2.39.